The second kappa shape index (κ2) is 6.62. The van der Waals surface area contributed by atoms with Crippen LogP contribution in [0, 0.1) is 5.41 Å². The maximum Gasteiger partial charge on any atom is 0.225 e. The predicted octanol–water partition coefficient (Wildman–Crippen LogP) is 3.29. The fourth-order valence-electron chi connectivity index (χ4n) is 5.00. The summed E-state index contributed by atoms with van der Waals surface area (Å²) >= 11 is 0. The smallest absolute Gasteiger partial charge is 0.225 e. The van der Waals surface area contributed by atoms with Crippen molar-refractivity contribution in [3.05, 3.63) is 48.2 Å². The van der Waals surface area contributed by atoms with Crippen molar-refractivity contribution < 1.29 is 9.53 Å². The van der Waals surface area contributed by atoms with E-state index >= 15 is 0 Å². The largest absolute Gasteiger partial charge is 0.474 e. The summed E-state index contributed by atoms with van der Waals surface area (Å²) in [6.07, 6.45) is 16.3. The standard InChI is InChI=1S/C21H29N3O2/c1-3-11-23-18(25)13-21(22-2)15-20-10-6-4-8-16(20)14-24-12-7-5-9-17(24)19(20)26-21/h3,7,12,14,22H,1,4-6,8-11,13,15H2,2H3,(H,23,25). The Balaban J connectivity index is 1.70. The third kappa shape index (κ3) is 2.69. The average molecular weight is 355 g/mol. The summed E-state index contributed by atoms with van der Waals surface area (Å²) in [5.41, 5.74) is 2.08. The minimum atomic E-state index is -0.638. The molecule has 3 heterocycles. The van der Waals surface area contributed by atoms with E-state index in [1.165, 1.54) is 24.1 Å². The van der Waals surface area contributed by atoms with E-state index in [4.69, 9.17) is 4.74 Å². The summed E-state index contributed by atoms with van der Waals surface area (Å²) < 4.78 is 6.65. The number of ether oxygens (including phenoxy) is 1. The van der Waals surface area contributed by atoms with Gasteiger partial charge in [0.15, 0.2) is 5.72 Å². The number of amides is 1. The molecule has 0 aromatic carbocycles. The maximum atomic E-state index is 12.4. The minimum Gasteiger partial charge on any atom is -0.474 e. The molecule has 1 aliphatic carbocycles. The lowest BCUT2D eigenvalue weighted by molar-refractivity contribution is -0.126. The molecule has 1 saturated carbocycles. The lowest BCUT2D eigenvalue weighted by Crippen LogP contribution is -2.47. The van der Waals surface area contributed by atoms with Crippen LogP contribution in [0.25, 0.3) is 0 Å². The van der Waals surface area contributed by atoms with Gasteiger partial charge in [-0.1, -0.05) is 18.6 Å². The molecule has 140 valence electrons. The van der Waals surface area contributed by atoms with Gasteiger partial charge in [0.2, 0.25) is 5.91 Å². The van der Waals surface area contributed by atoms with E-state index in [0.29, 0.717) is 13.0 Å². The van der Waals surface area contributed by atoms with Crippen molar-refractivity contribution in [2.45, 2.75) is 57.1 Å². The highest BCUT2D eigenvalue weighted by molar-refractivity contribution is 5.77. The number of hydrogen-bond acceptors (Lipinski definition) is 4. The van der Waals surface area contributed by atoms with Gasteiger partial charge in [0.1, 0.15) is 5.76 Å². The number of nitrogens with zero attached hydrogens (tertiary/aromatic N) is 1. The van der Waals surface area contributed by atoms with Crippen molar-refractivity contribution >= 4 is 5.91 Å². The number of rotatable bonds is 5. The lowest BCUT2D eigenvalue weighted by atomic mass is 9.65. The molecule has 2 fully saturated rings. The van der Waals surface area contributed by atoms with Crippen LogP contribution in [0.4, 0.5) is 0 Å². The number of hydrogen-bond donors (Lipinski definition) is 2. The number of nitrogens with one attached hydrogen (secondary N) is 2. The van der Waals surface area contributed by atoms with Crippen LogP contribution in [-0.2, 0) is 9.53 Å². The molecule has 4 rings (SSSR count). The van der Waals surface area contributed by atoms with E-state index in [1.807, 2.05) is 7.05 Å². The molecule has 2 N–H and O–H groups in total. The predicted molar refractivity (Wildman–Crippen MR) is 102 cm³/mol. The fourth-order valence-corrected chi connectivity index (χ4v) is 5.00. The zero-order chi connectivity index (χ0) is 18.2. The minimum absolute atomic E-state index is 0.00151. The second-order valence-corrected chi connectivity index (χ2v) is 7.84. The Labute approximate surface area is 155 Å². The molecule has 1 saturated heterocycles. The van der Waals surface area contributed by atoms with Gasteiger partial charge in [-0.3, -0.25) is 10.1 Å². The van der Waals surface area contributed by atoms with E-state index in [2.05, 4.69) is 40.6 Å². The normalized spacial score (nSPS) is 32.2. The van der Waals surface area contributed by atoms with Crippen molar-refractivity contribution in [3.8, 4) is 0 Å². The fraction of sp³-hybridized carbons (Fsp3) is 0.571. The van der Waals surface area contributed by atoms with Crippen LogP contribution < -0.4 is 10.6 Å². The van der Waals surface area contributed by atoms with Crippen LogP contribution in [0.5, 0.6) is 0 Å². The van der Waals surface area contributed by atoms with Crippen molar-refractivity contribution in [1.29, 1.82) is 0 Å². The molecule has 1 amide bonds. The van der Waals surface area contributed by atoms with Gasteiger partial charge in [-0.25, -0.2) is 0 Å². The van der Waals surface area contributed by atoms with Crippen LogP contribution in [-0.4, -0.2) is 30.1 Å². The van der Waals surface area contributed by atoms with Crippen LogP contribution in [0.2, 0.25) is 0 Å². The maximum absolute atomic E-state index is 12.4. The molecule has 26 heavy (non-hydrogen) atoms. The van der Waals surface area contributed by atoms with Crippen LogP contribution in [0.1, 0.15) is 51.4 Å². The highest BCUT2D eigenvalue weighted by Gasteiger charge is 2.58. The van der Waals surface area contributed by atoms with Gasteiger partial charge in [-0.15, -0.1) is 6.58 Å². The lowest BCUT2D eigenvalue weighted by Gasteiger charge is -2.42. The number of carbonyl (C=O) groups is 1. The molecular weight excluding hydrogens is 326 g/mol. The van der Waals surface area contributed by atoms with Crippen molar-refractivity contribution in [2.75, 3.05) is 13.6 Å². The van der Waals surface area contributed by atoms with Gasteiger partial charge < -0.3 is 15.0 Å². The zero-order valence-corrected chi connectivity index (χ0v) is 15.6. The van der Waals surface area contributed by atoms with E-state index in [0.717, 1.165) is 37.9 Å². The van der Waals surface area contributed by atoms with E-state index in [9.17, 15) is 4.79 Å². The highest BCUT2D eigenvalue weighted by atomic mass is 16.5. The Kier molecular flexibility index (Phi) is 4.43. The molecule has 4 aliphatic rings. The first-order chi connectivity index (χ1) is 12.6. The number of carbonyl (C=O) groups excluding carboxylic acids is 1. The Bertz CT molecular complexity index is 708. The van der Waals surface area contributed by atoms with Crippen molar-refractivity contribution in [1.82, 2.24) is 15.5 Å². The van der Waals surface area contributed by atoms with E-state index in [1.54, 1.807) is 6.08 Å². The first-order valence-electron chi connectivity index (χ1n) is 9.78. The SMILES string of the molecule is C=CCNC(=O)CC1(NC)CC23CCCCC2=CN2C=CCCC2=C3O1. The molecule has 1 spiro atoms. The van der Waals surface area contributed by atoms with Crippen LogP contribution in [0.15, 0.2) is 48.2 Å². The zero-order valence-electron chi connectivity index (χ0n) is 15.6. The summed E-state index contributed by atoms with van der Waals surface area (Å²) in [6.45, 7) is 4.16. The quantitative estimate of drug-likeness (QED) is 0.743. The second-order valence-electron chi connectivity index (χ2n) is 7.84. The Hall–Kier alpha value is -2.01. The first kappa shape index (κ1) is 17.4. The van der Waals surface area contributed by atoms with Gasteiger partial charge in [0.05, 0.1) is 17.5 Å². The topological polar surface area (TPSA) is 53.6 Å². The molecule has 5 nitrogen and oxygen atoms in total. The first-order valence-corrected chi connectivity index (χ1v) is 9.78. The molecule has 2 atom stereocenters. The van der Waals surface area contributed by atoms with Crippen molar-refractivity contribution in [2.24, 2.45) is 5.41 Å². The number of allylic oxidation sites excluding steroid dienone is 3. The molecule has 0 radical (unpaired) electrons. The van der Waals surface area contributed by atoms with Gasteiger partial charge in [-0.05, 0) is 44.7 Å². The van der Waals surface area contributed by atoms with E-state index < -0.39 is 5.72 Å². The molecule has 3 aliphatic heterocycles. The third-order valence-electron chi connectivity index (χ3n) is 6.26. The summed E-state index contributed by atoms with van der Waals surface area (Å²) in [7, 11) is 1.91. The number of fused-ring (bicyclic) bond motifs is 1. The summed E-state index contributed by atoms with van der Waals surface area (Å²) in [4.78, 5) is 14.7. The molecule has 0 aromatic rings. The van der Waals surface area contributed by atoms with Gasteiger partial charge in [0.25, 0.3) is 0 Å². The third-order valence-corrected chi connectivity index (χ3v) is 6.26. The van der Waals surface area contributed by atoms with Gasteiger partial charge in [-0.2, -0.15) is 0 Å². The molecule has 5 heteroatoms. The molecule has 0 bridgehead atoms. The van der Waals surface area contributed by atoms with Gasteiger partial charge >= 0.3 is 0 Å². The Morgan fingerprint density at radius 3 is 3.12 bits per heavy atom. The van der Waals surface area contributed by atoms with Gasteiger partial charge in [0, 0.05) is 25.4 Å². The van der Waals surface area contributed by atoms with Crippen molar-refractivity contribution in [3.63, 3.8) is 0 Å². The molecular formula is C21H29N3O2. The van der Waals surface area contributed by atoms with E-state index in [-0.39, 0.29) is 11.3 Å². The monoisotopic (exact) mass is 355 g/mol. The highest BCUT2D eigenvalue weighted by Crippen LogP contribution is 2.61. The summed E-state index contributed by atoms with van der Waals surface area (Å²) in [5.74, 6) is 1.12. The van der Waals surface area contributed by atoms with Crippen LogP contribution in [0.3, 0.4) is 0 Å². The van der Waals surface area contributed by atoms with Crippen LogP contribution >= 0.6 is 0 Å². The Morgan fingerprint density at radius 1 is 1.42 bits per heavy atom. The summed E-state index contributed by atoms with van der Waals surface area (Å²) in [5, 5.41) is 6.25. The average Bonchev–Trinajstić information content (AvgIpc) is 2.99. The Morgan fingerprint density at radius 2 is 2.31 bits per heavy atom. The summed E-state index contributed by atoms with van der Waals surface area (Å²) in [6, 6.07) is 0. The molecule has 2 unspecified atom stereocenters. The molecule has 0 aromatic heterocycles.